The first-order valence-electron chi connectivity index (χ1n) is 16.0. The molecule has 4 rings (SSSR count). The molecule has 0 radical (unpaired) electrons. The number of nitrogen functional groups attached to an aromatic ring is 1. The van der Waals surface area contributed by atoms with Crippen molar-refractivity contribution < 1.29 is 18.3 Å². The van der Waals surface area contributed by atoms with Crippen molar-refractivity contribution in [1.29, 1.82) is 0 Å². The summed E-state index contributed by atoms with van der Waals surface area (Å²) < 4.78 is 37.8. The molecule has 0 unspecified atom stereocenters. The molecular formula is C37H46F2N2O2. The van der Waals surface area contributed by atoms with Gasteiger partial charge in [0.15, 0.2) is 0 Å². The minimum atomic E-state index is -0.263. The lowest BCUT2D eigenvalue weighted by molar-refractivity contribution is 0.302. The van der Waals surface area contributed by atoms with Crippen LogP contribution in [-0.4, -0.2) is 18.2 Å². The average molecular weight is 589 g/mol. The van der Waals surface area contributed by atoms with Crippen LogP contribution in [0.4, 0.5) is 14.5 Å². The van der Waals surface area contributed by atoms with Crippen LogP contribution in [0.3, 0.4) is 0 Å². The van der Waals surface area contributed by atoms with Gasteiger partial charge >= 0.3 is 0 Å². The summed E-state index contributed by atoms with van der Waals surface area (Å²) in [5.74, 6) is 0.672. The lowest BCUT2D eigenvalue weighted by Gasteiger charge is -2.15. The highest BCUT2D eigenvalue weighted by molar-refractivity contribution is 5.92. The molecular weight excluding hydrogens is 542 g/mol. The maximum absolute atomic E-state index is 13.3. The number of fused-ring (bicyclic) bond motifs is 1. The molecule has 0 aliphatic carbocycles. The Kier molecular flexibility index (Phi) is 13.6. The first-order valence-corrected chi connectivity index (χ1v) is 16.0. The number of anilines is 1. The highest BCUT2D eigenvalue weighted by Crippen LogP contribution is 2.29. The highest BCUT2D eigenvalue weighted by atomic mass is 19.1. The molecule has 1 aromatic heterocycles. The van der Waals surface area contributed by atoms with E-state index in [1.807, 2.05) is 12.1 Å². The van der Waals surface area contributed by atoms with Crippen LogP contribution in [0.2, 0.25) is 0 Å². The number of rotatable bonds is 20. The van der Waals surface area contributed by atoms with Gasteiger partial charge in [-0.25, -0.2) is 8.78 Å². The first kappa shape index (κ1) is 32.2. The first-order chi connectivity index (χ1) is 21.1. The highest BCUT2D eigenvalue weighted by Gasteiger charge is 2.13. The standard InChI is InChI=1S/C37H46F2N2O2/c38-29-17-15-19-31(27-29)42-25-13-7-3-1-5-9-21-33-35(41-36-24-12-11-22-34(36)37(33)40)23-10-6-2-4-8-14-26-43-32-20-16-18-30(39)28-32/h11-12,15-20,22,24,27-28H,1-10,13-14,21,23,25-26H2,(H2,40,41). The average Bonchev–Trinajstić information content (AvgIpc) is 3.00. The number of hydrogen-bond acceptors (Lipinski definition) is 4. The van der Waals surface area contributed by atoms with Gasteiger partial charge in [0, 0.05) is 28.9 Å². The Morgan fingerprint density at radius 2 is 1.07 bits per heavy atom. The second kappa shape index (κ2) is 18.1. The van der Waals surface area contributed by atoms with E-state index in [0.29, 0.717) is 24.7 Å². The zero-order valence-electron chi connectivity index (χ0n) is 25.3. The molecule has 4 nitrogen and oxygen atoms in total. The predicted octanol–water partition coefficient (Wildman–Crippen LogP) is 10.0. The number of nitrogens with zero attached hydrogens (tertiary/aromatic N) is 1. The van der Waals surface area contributed by atoms with Gasteiger partial charge in [-0.1, -0.05) is 81.7 Å². The minimum Gasteiger partial charge on any atom is -0.493 e. The SMILES string of the molecule is Nc1c(CCCCCCCCOc2cccc(F)c2)c(CCCCCCCCOc2cccc(F)c2)nc2ccccc12. The molecule has 0 fully saturated rings. The topological polar surface area (TPSA) is 57.4 Å². The molecule has 3 aromatic carbocycles. The molecule has 0 saturated carbocycles. The van der Waals surface area contributed by atoms with Crippen molar-refractivity contribution in [3.05, 3.63) is 95.7 Å². The van der Waals surface area contributed by atoms with Gasteiger partial charge < -0.3 is 15.2 Å². The van der Waals surface area contributed by atoms with Crippen molar-refractivity contribution in [2.24, 2.45) is 0 Å². The Labute approximate surface area is 255 Å². The van der Waals surface area contributed by atoms with E-state index in [1.165, 1.54) is 68.4 Å². The van der Waals surface area contributed by atoms with E-state index in [2.05, 4.69) is 12.1 Å². The largest absolute Gasteiger partial charge is 0.493 e. The van der Waals surface area contributed by atoms with Crippen molar-refractivity contribution in [1.82, 2.24) is 4.98 Å². The minimum absolute atomic E-state index is 0.263. The van der Waals surface area contributed by atoms with Gasteiger partial charge in [-0.15, -0.1) is 0 Å². The predicted molar refractivity (Wildman–Crippen MR) is 173 cm³/mol. The van der Waals surface area contributed by atoms with Crippen molar-refractivity contribution in [3.8, 4) is 11.5 Å². The number of aromatic nitrogens is 1. The number of para-hydroxylation sites is 1. The third-order valence-electron chi connectivity index (χ3n) is 7.88. The Bertz CT molecular complexity index is 1390. The Hall–Kier alpha value is -3.67. The van der Waals surface area contributed by atoms with E-state index in [4.69, 9.17) is 20.2 Å². The molecule has 0 atom stereocenters. The second-order valence-electron chi connectivity index (χ2n) is 11.3. The fraction of sp³-hybridized carbons (Fsp3) is 0.432. The number of hydrogen-bond donors (Lipinski definition) is 1. The summed E-state index contributed by atoms with van der Waals surface area (Å²) in [4.78, 5) is 5.05. The van der Waals surface area contributed by atoms with Crippen LogP contribution in [0.1, 0.15) is 88.3 Å². The number of aryl methyl sites for hydroxylation is 1. The van der Waals surface area contributed by atoms with Crippen LogP contribution in [0.5, 0.6) is 11.5 Å². The van der Waals surface area contributed by atoms with E-state index in [1.54, 1.807) is 24.3 Å². The molecule has 230 valence electrons. The van der Waals surface area contributed by atoms with Crippen LogP contribution in [0.25, 0.3) is 10.9 Å². The number of pyridine rings is 1. The van der Waals surface area contributed by atoms with Crippen LogP contribution in [0, 0.1) is 11.6 Å². The maximum Gasteiger partial charge on any atom is 0.126 e. The van der Waals surface area contributed by atoms with E-state index in [-0.39, 0.29) is 11.6 Å². The van der Waals surface area contributed by atoms with Gasteiger partial charge in [0.1, 0.15) is 23.1 Å². The van der Waals surface area contributed by atoms with Crippen LogP contribution < -0.4 is 15.2 Å². The maximum atomic E-state index is 13.3. The van der Waals surface area contributed by atoms with Gasteiger partial charge in [-0.05, 0) is 74.4 Å². The van der Waals surface area contributed by atoms with Gasteiger partial charge in [0.05, 0.1) is 18.7 Å². The van der Waals surface area contributed by atoms with Crippen molar-refractivity contribution in [2.45, 2.75) is 89.9 Å². The smallest absolute Gasteiger partial charge is 0.126 e. The van der Waals surface area contributed by atoms with E-state index >= 15 is 0 Å². The van der Waals surface area contributed by atoms with E-state index in [9.17, 15) is 8.78 Å². The summed E-state index contributed by atoms with van der Waals surface area (Å²) in [7, 11) is 0. The zero-order valence-corrected chi connectivity index (χ0v) is 25.3. The Morgan fingerprint density at radius 1 is 0.558 bits per heavy atom. The number of unbranched alkanes of at least 4 members (excludes halogenated alkanes) is 10. The third-order valence-corrected chi connectivity index (χ3v) is 7.88. The normalized spacial score (nSPS) is 11.2. The van der Waals surface area contributed by atoms with Gasteiger partial charge in [-0.2, -0.15) is 0 Å². The summed E-state index contributed by atoms with van der Waals surface area (Å²) in [6.45, 7) is 1.25. The van der Waals surface area contributed by atoms with Gasteiger partial charge in [0.25, 0.3) is 0 Å². The molecule has 0 amide bonds. The van der Waals surface area contributed by atoms with E-state index in [0.717, 1.165) is 73.7 Å². The summed E-state index contributed by atoms with van der Waals surface area (Å²) in [6.07, 6.45) is 15.4. The third kappa shape index (κ3) is 11.2. The van der Waals surface area contributed by atoms with Crippen LogP contribution >= 0.6 is 0 Å². The number of ether oxygens (including phenoxy) is 2. The fourth-order valence-corrected chi connectivity index (χ4v) is 5.52. The summed E-state index contributed by atoms with van der Waals surface area (Å²) >= 11 is 0. The van der Waals surface area contributed by atoms with E-state index < -0.39 is 0 Å². The quantitative estimate of drug-likeness (QED) is 0.104. The van der Waals surface area contributed by atoms with Gasteiger partial charge in [0.2, 0.25) is 0 Å². The van der Waals surface area contributed by atoms with Crippen molar-refractivity contribution in [2.75, 3.05) is 18.9 Å². The summed E-state index contributed by atoms with van der Waals surface area (Å²) in [6, 6.07) is 20.8. The molecule has 4 aromatic rings. The molecule has 1 heterocycles. The van der Waals surface area contributed by atoms with Gasteiger partial charge in [-0.3, -0.25) is 4.98 Å². The molecule has 6 heteroatoms. The fourth-order valence-electron chi connectivity index (χ4n) is 5.52. The van der Waals surface area contributed by atoms with Crippen molar-refractivity contribution in [3.63, 3.8) is 0 Å². The second-order valence-corrected chi connectivity index (χ2v) is 11.3. The number of nitrogens with two attached hydrogens (primary N) is 1. The molecule has 2 N–H and O–H groups in total. The summed E-state index contributed by atoms with van der Waals surface area (Å²) in [5, 5.41) is 1.06. The Balaban J connectivity index is 1.13. The molecule has 0 spiro atoms. The lowest BCUT2D eigenvalue weighted by atomic mass is 9.96. The van der Waals surface area contributed by atoms with Crippen LogP contribution in [0.15, 0.2) is 72.8 Å². The Morgan fingerprint density at radius 3 is 1.65 bits per heavy atom. The van der Waals surface area contributed by atoms with Crippen LogP contribution in [-0.2, 0) is 12.8 Å². The molecule has 0 aliphatic heterocycles. The molecule has 0 saturated heterocycles. The van der Waals surface area contributed by atoms with Crippen molar-refractivity contribution >= 4 is 16.6 Å². The lowest BCUT2D eigenvalue weighted by Crippen LogP contribution is -2.05. The molecule has 0 aliphatic rings. The summed E-state index contributed by atoms with van der Waals surface area (Å²) in [5.41, 5.74) is 11.0. The number of benzene rings is 3. The number of halogens is 2. The molecule has 0 bridgehead atoms. The monoisotopic (exact) mass is 588 g/mol. The zero-order chi connectivity index (χ0) is 30.1. The molecule has 43 heavy (non-hydrogen) atoms.